The lowest BCUT2D eigenvalue weighted by atomic mass is 10.1. The Hall–Kier alpha value is -6.25. The minimum absolute atomic E-state index is 0.140. The van der Waals surface area contributed by atoms with Crippen molar-refractivity contribution >= 4 is 41.8 Å². The Morgan fingerprint density at radius 3 is 1.52 bits per heavy atom. The normalized spacial score (nSPS) is 26.2. The van der Waals surface area contributed by atoms with Crippen LogP contribution in [-0.2, 0) is 71.5 Å². The molecule has 1 aromatic rings. The molecule has 20 nitrogen and oxygen atoms in total. The first-order valence-electron chi connectivity index (χ1n) is 18.7. The molecule has 0 bridgehead atoms. The van der Waals surface area contributed by atoms with Gasteiger partial charge in [0, 0.05) is 78.3 Å². The van der Waals surface area contributed by atoms with Crippen molar-refractivity contribution in [2.24, 2.45) is 0 Å². The van der Waals surface area contributed by atoms with Crippen molar-refractivity contribution in [3.05, 3.63) is 72.4 Å². The molecule has 1 unspecified atom stereocenters. The van der Waals surface area contributed by atoms with Crippen molar-refractivity contribution in [2.75, 3.05) is 13.2 Å². The van der Waals surface area contributed by atoms with Crippen molar-refractivity contribution < 1.29 is 86.0 Å². The van der Waals surface area contributed by atoms with Crippen LogP contribution in [0.3, 0.4) is 0 Å². The lowest BCUT2D eigenvalue weighted by molar-refractivity contribution is -0.166. The van der Waals surface area contributed by atoms with Crippen LogP contribution in [-0.4, -0.2) is 125 Å². The van der Waals surface area contributed by atoms with E-state index in [-0.39, 0.29) is 43.1 Å². The zero-order valence-electron chi connectivity index (χ0n) is 33.6. The summed E-state index contributed by atoms with van der Waals surface area (Å²) in [5, 5.41) is 11.1. The molecule has 1 aromatic carbocycles. The fraction of sp³-hybridized carbons (Fsp3) is 0.475. The molecule has 4 aliphatic rings. The molecule has 9 atom stereocenters. The van der Waals surface area contributed by atoms with Crippen molar-refractivity contribution in [3.8, 4) is 11.5 Å². The SMILES string of the molecule is CC(=O)OC[C@H]1O[C@@H](N2C=CCC(C(=O)Oc3ccc(OC(O)C4=CN([C@@H]5O[C@H](COC(C)=O)[C@@H](OC(C)=O)[C@H]5OC(C)=O)C=CC4)cc3)=C2)[C@H](OC(C)=O)[C@@H]1OC(C)=O. The average molecular weight is 843 g/mol. The molecule has 0 aromatic heterocycles. The standard InChI is InChI=1S/C40H46N2O18/c1-21(43)51-19-31-33(53-23(3)45)35(55-25(5)47)37(59-31)41-15-7-9-27(17-41)39(49)57-29-11-13-30(14-12-29)58-40(50)28-10-8-16-42(18-28)38-36(56-26(6)48)34(54-24(4)46)32(60-38)20-52-22(2)44/h7-8,11-18,31-39,49H,9-10,19-20H2,1-6H3/t31-,32-,33-,34-,35-,36-,37-,38-,39?/m1/s1. The third kappa shape index (κ3) is 11.9. The molecule has 4 heterocycles. The number of benzene rings is 1. The molecule has 0 saturated carbocycles. The molecule has 0 spiro atoms. The number of nitrogens with zero attached hydrogens (tertiary/aromatic N) is 2. The summed E-state index contributed by atoms with van der Waals surface area (Å²) >= 11 is 0. The molecule has 1 N–H and O–H groups in total. The third-order valence-corrected chi connectivity index (χ3v) is 9.00. The second-order valence-electron chi connectivity index (χ2n) is 13.8. The maximum atomic E-state index is 13.3. The van der Waals surface area contributed by atoms with Crippen molar-refractivity contribution in [3.63, 3.8) is 0 Å². The zero-order chi connectivity index (χ0) is 43.7. The van der Waals surface area contributed by atoms with E-state index in [1.165, 1.54) is 88.0 Å². The summed E-state index contributed by atoms with van der Waals surface area (Å²) in [7, 11) is 0. The Balaban J connectivity index is 1.24. The topological polar surface area (TPSA) is 238 Å². The molecule has 2 saturated heterocycles. The van der Waals surface area contributed by atoms with Gasteiger partial charge in [-0.25, -0.2) is 4.79 Å². The van der Waals surface area contributed by atoms with Crippen LogP contribution in [0.4, 0.5) is 0 Å². The maximum Gasteiger partial charge on any atom is 0.341 e. The highest BCUT2D eigenvalue weighted by molar-refractivity contribution is 5.90. The van der Waals surface area contributed by atoms with Crippen LogP contribution in [0.5, 0.6) is 11.5 Å². The first-order valence-corrected chi connectivity index (χ1v) is 18.7. The lowest BCUT2D eigenvalue weighted by Crippen LogP contribution is -2.45. The molecular weight excluding hydrogens is 796 g/mol. The predicted octanol–water partition coefficient (Wildman–Crippen LogP) is 1.80. The van der Waals surface area contributed by atoms with E-state index >= 15 is 0 Å². The number of aliphatic hydroxyl groups is 1. The Kier molecular flexibility index (Phi) is 15.1. The second-order valence-corrected chi connectivity index (χ2v) is 13.8. The number of hydrogen-bond acceptors (Lipinski definition) is 20. The minimum Gasteiger partial charge on any atom is -0.463 e. The summed E-state index contributed by atoms with van der Waals surface area (Å²) in [6.07, 6.45) is -0.163. The molecular formula is C40H46N2O18. The summed E-state index contributed by atoms with van der Waals surface area (Å²) in [6.45, 7) is 6.53. The highest BCUT2D eigenvalue weighted by Gasteiger charge is 2.53. The van der Waals surface area contributed by atoms with Crippen LogP contribution in [0, 0.1) is 0 Å². The highest BCUT2D eigenvalue weighted by Crippen LogP contribution is 2.34. The first-order chi connectivity index (χ1) is 28.5. The summed E-state index contributed by atoms with van der Waals surface area (Å²) in [5.74, 6) is -4.28. The number of ether oxygens (including phenoxy) is 10. The van der Waals surface area contributed by atoms with Gasteiger partial charge in [0.25, 0.3) is 0 Å². The number of esters is 7. The Morgan fingerprint density at radius 2 is 1.05 bits per heavy atom. The Bertz CT molecular complexity index is 1920. The highest BCUT2D eigenvalue weighted by atomic mass is 16.7. The van der Waals surface area contributed by atoms with Crippen molar-refractivity contribution in [1.82, 2.24) is 9.80 Å². The lowest BCUT2D eigenvalue weighted by Gasteiger charge is -2.31. The van der Waals surface area contributed by atoms with Gasteiger partial charge in [-0.05, 0) is 30.7 Å². The maximum absolute atomic E-state index is 13.3. The van der Waals surface area contributed by atoms with E-state index in [0.29, 0.717) is 5.57 Å². The molecule has 60 heavy (non-hydrogen) atoms. The van der Waals surface area contributed by atoms with Gasteiger partial charge in [-0.3, -0.25) is 28.8 Å². The summed E-state index contributed by atoms with van der Waals surface area (Å²) in [4.78, 5) is 87.3. The monoisotopic (exact) mass is 842 g/mol. The Morgan fingerprint density at radius 1 is 0.617 bits per heavy atom. The molecule has 0 amide bonds. The summed E-state index contributed by atoms with van der Waals surface area (Å²) < 4.78 is 55.5. The van der Waals surface area contributed by atoms with Gasteiger partial charge in [0.2, 0.25) is 6.29 Å². The Labute approximate surface area is 344 Å². The molecule has 324 valence electrons. The van der Waals surface area contributed by atoms with E-state index < -0.39 is 97.2 Å². The number of aliphatic hydroxyl groups excluding tert-OH is 1. The largest absolute Gasteiger partial charge is 0.463 e. The van der Waals surface area contributed by atoms with Gasteiger partial charge in [-0.1, -0.05) is 12.2 Å². The number of allylic oxidation sites excluding steroid dienone is 2. The van der Waals surface area contributed by atoms with E-state index in [0.717, 1.165) is 0 Å². The van der Waals surface area contributed by atoms with E-state index in [1.54, 1.807) is 24.6 Å². The van der Waals surface area contributed by atoms with Crippen molar-refractivity contribution in [1.29, 1.82) is 0 Å². The van der Waals surface area contributed by atoms with Crippen molar-refractivity contribution in [2.45, 2.75) is 110 Å². The van der Waals surface area contributed by atoms with Crippen LogP contribution < -0.4 is 9.47 Å². The van der Waals surface area contributed by atoms with Crippen LogP contribution in [0.25, 0.3) is 0 Å². The van der Waals surface area contributed by atoms with Crippen LogP contribution in [0.2, 0.25) is 0 Å². The molecule has 0 radical (unpaired) electrons. The predicted molar refractivity (Wildman–Crippen MR) is 199 cm³/mol. The van der Waals surface area contributed by atoms with E-state index in [4.69, 9.17) is 47.4 Å². The first kappa shape index (κ1) is 44.8. The van der Waals surface area contributed by atoms with Gasteiger partial charge >= 0.3 is 41.8 Å². The molecule has 0 aliphatic carbocycles. The van der Waals surface area contributed by atoms with Crippen LogP contribution in [0.1, 0.15) is 54.4 Å². The summed E-state index contributed by atoms with van der Waals surface area (Å²) in [5.41, 5.74) is 0.554. The van der Waals surface area contributed by atoms with Gasteiger partial charge in [0.05, 0.1) is 5.57 Å². The number of carbonyl (C=O) groups excluding carboxylic acids is 7. The van der Waals surface area contributed by atoms with Gasteiger partial charge in [-0.2, -0.15) is 0 Å². The average Bonchev–Trinajstić information content (AvgIpc) is 3.68. The summed E-state index contributed by atoms with van der Waals surface area (Å²) in [6, 6.07) is 5.85. The molecule has 20 heteroatoms. The van der Waals surface area contributed by atoms with E-state index in [9.17, 15) is 38.7 Å². The second kappa shape index (κ2) is 20.1. The third-order valence-electron chi connectivity index (χ3n) is 9.00. The zero-order valence-corrected chi connectivity index (χ0v) is 33.6. The van der Waals surface area contributed by atoms with Gasteiger partial charge in [0.15, 0.2) is 36.9 Å². The molecule has 2 fully saturated rings. The smallest absolute Gasteiger partial charge is 0.341 e. The minimum atomic E-state index is -1.48. The van der Waals surface area contributed by atoms with Gasteiger partial charge in [0.1, 0.15) is 36.9 Å². The fourth-order valence-electron chi connectivity index (χ4n) is 6.62. The molecule has 5 rings (SSSR count). The fourth-order valence-corrected chi connectivity index (χ4v) is 6.62. The van der Waals surface area contributed by atoms with Crippen LogP contribution >= 0.6 is 0 Å². The number of rotatable bonds is 15. The van der Waals surface area contributed by atoms with Crippen LogP contribution in [0.15, 0.2) is 72.4 Å². The van der Waals surface area contributed by atoms with Gasteiger partial charge in [-0.15, -0.1) is 0 Å². The van der Waals surface area contributed by atoms with E-state index in [1.807, 2.05) is 0 Å². The van der Waals surface area contributed by atoms with Gasteiger partial charge < -0.3 is 62.3 Å². The molecule has 4 aliphatic heterocycles. The number of carbonyl (C=O) groups is 7. The quantitative estimate of drug-likeness (QED) is 0.115. The number of hydrogen-bond donors (Lipinski definition) is 1. The van der Waals surface area contributed by atoms with E-state index in [2.05, 4.69) is 0 Å².